The van der Waals surface area contributed by atoms with Crippen LogP contribution in [0.5, 0.6) is 0 Å². The molecule has 90 valence electrons. The van der Waals surface area contributed by atoms with Crippen LogP contribution in [0, 0.1) is 0 Å². The lowest BCUT2D eigenvalue weighted by Gasteiger charge is -2.38. The van der Waals surface area contributed by atoms with Crippen LogP contribution in [0.15, 0.2) is 0 Å². The number of aliphatic hydroxyl groups excluding tert-OH is 3. The average molecular weight is 285 g/mol. The Morgan fingerprint density at radius 1 is 1.20 bits per heavy atom. The standard InChI is InChI=1S/C9H17BrO5/c1-5-6(11)7(12)8(13)9(15-5)14-4-2-3-10/h5-9,11-13H,2-4H2,1H3/t5-,6+,7+,8-,9?/m0/s1. The molecule has 3 N–H and O–H groups in total. The molecule has 5 atom stereocenters. The van der Waals surface area contributed by atoms with Gasteiger partial charge in [-0.05, 0) is 13.3 Å². The summed E-state index contributed by atoms with van der Waals surface area (Å²) in [7, 11) is 0. The van der Waals surface area contributed by atoms with E-state index in [1.54, 1.807) is 6.92 Å². The van der Waals surface area contributed by atoms with Gasteiger partial charge in [0.25, 0.3) is 0 Å². The van der Waals surface area contributed by atoms with Crippen molar-refractivity contribution < 1.29 is 24.8 Å². The van der Waals surface area contributed by atoms with E-state index in [-0.39, 0.29) is 0 Å². The van der Waals surface area contributed by atoms with Crippen molar-refractivity contribution in [2.45, 2.75) is 44.1 Å². The summed E-state index contributed by atoms with van der Waals surface area (Å²) in [5.74, 6) is 0. The summed E-state index contributed by atoms with van der Waals surface area (Å²) < 4.78 is 10.5. The predicted octanol–water partition coefficient (Wildman–Crippen LogP) is -0.384. The van der Waals surface area contributed by atoms with E-state index >= 15 is 0 Å². The fourth-order valence-corrected chi connectivity index (χ4v) is 1.63. The third kappa shape index (κ3) is 3.37. The summed E-state index contributed by atoms with van der Waals surface area (Å²) in [5.41, 5.74) is 0. The molecule has 0 spiro atoms. The fourth-order valence-electron chi connectivity index (χ4n) is 1.41. The molecular weight excluding hydrogens is 268 g/mol. The molecular formula is C9H17BrO5. The second-order valence-corrected chi connectivity index (χ2v) is 4.39. The van der Waals surface area contributed by atoms with Gasteiger partial charge in [0.2, 0.25) is 0 Å². The summed E-state index contributed by atoms with van der Waals surface area (Å²) in [6, 6.07) is 0. The zero-order valence-electron chi connectivity index (χ0n) is 8.54. The number of ether oxygens (including phenoxy) is 2. The summed E-state index contributed by atoms with van der Waals surface area (Å²) in [4.78, 5) is 0. The lowest BCUT2D eigenvalue weighted by molar-refractivity contribution is -0.292. The molecule has 0 bridgehead atoms. The van der Waals surface area contributed by atoms with Crippen LogP contribution in [0.3, 0.4) is 0 Å². The average Bonchev–Trinajstić information content (AvgIpc) is 2.23. The maximum atomic E-state index is 9.55. The Kier molecular flexibility index (Phi) is 5.45. The molecule has 1 unspecified atom stereocenters. The van der Waals surface area contributed by atoms with E-state index in [0.29, 0.717) is 6.61 Å². The highest BCUT2D eigenvalue weighted by atomic mass is 79.9. The number of hydrogen-bond acceptors (Lipinski definition) is 5. The molecule has 1 aliphatic rings. The smallest absolute Gasteiger partial charge is 0.186 e. The summed E-state index contributed by atoms with van der Waals surface area (Å²) >= 11 is 3.25. The molecule has 1 saturated heterocycles. The Labute approximate surface area is 97.1 Å². The Balaban J connectivity index is 2.43. The van der Waals surface area contributed by atoms with E-state index in [1.165, 1.54) is 0 Å². The zero-order chi connectivity index (χ0) is 11.4. The Bertz CT molecular complexity index is 191. The monoisotopic (exact) mass is 284 g/mol. The van der Waals surface area contributed by atoms with Gasteiger partial charge in [0.15, 0.2) is 6.29 Å². The van der Waals surface area contributed by atoms with Crippen molar-refractivity contribution in [3.05, 3.63) is 0 Å². The summed E-state index contributed by atoms with van der Waals surface area (Å²) in [5, 5.41) is 29.2. The molecule has 0 saturated carbocycles. The van der Waals surface area contributed by atoms with Gasteiger partial charge >= 0.3 is 0 Å². The van der Waals surface area contributed by atoms with Crippen LogP contribution in [0.2, 0.25) is 0 Å². The second-order valence-electron chi connectivity index (χ2n) is 3.59. The molecule has 0 amide bonds. The van der Waals surface area contributed by atoms with Gasteiger partial charge < -0.3 is 24.8 Å². The number of halogens is 1. The number of aliphatic hydroxyl groups is 3. The first-order valence-electron chi connectivity index (χ1n) is 4.95. The van der Waals surface area contributed by atoms with Crippen LogP contribution in [0.25, 0.3) is 0 Å². The Morgan fingerprint density at radius 3 is 2.47 bits per heavy atom. The Hall–Kier alpha value is 0.280. The van der Waals surface area contributed by atoms with Crippen LogP contribution >= 0.6 is 15.9 Å². The lowest BCUT2D eigenvalue weighted by atomic mass is 10.0. The molecule has 5 nitrogen and oxygen atoms in total. The third-order valence-corrected chi connectivity index (χ3v) is 2.93. The van der Waals surface area contributed by atoms with Gasteiger partial charge in [-0.3, -0.25) is 0 Å². The molecule has 1 heterocycles. The van der Waals surface area contributed by atoms with Crippen LogP contribution < -0.4 is 0 Å². The highest BCUT2D eigenvalue weighted by Gasteiger charge is 2.42. The van der Waals surface area contributed by atoms with E-state index in [2.05, 4.69) is 15.9 Å². The molecule has 1 rings (SSSR count). The van der Waals surface area contributed by atoms with E-state index in [4.69, 9.17) is 9.47 Å². The lowest BCUT2D eigenvalue weighted by Crippen LogP contribution is -2.57. The van der Waals surface area contributed by atoms with Crippen LogP contribution in [-0.2, 0) is 9.47 Å². The van der Waals surface area contributed by atoms with Crippen molar-refractivity contribution in [3.63, 3.8) is 0 Å². The SMILES string of the molecule is C[C@@H]1OC(OCCCBr)[C@@H](O)[C@H](O)[C@@H]1O. The van der Waals surface area contributed by atoms with E-state index in [9.17, 15) is 15.3 Å². The minimum Gasteiger partial charge on any atom is -0.388 e. The van der Waals surface area contributed by atoms with Crippen LogP contribution in [0.1, 0.15) is 13.3 Å². The van der Waals surface area contributed by atoms with Crippen LogP contribution in [-0.4, -0.2) is 58.0 Å². The summed E-state index contributed by atoms with van der Waals surface area (Å²) in [6.07, 6.45) is -4.11. The first kappa shape index (κ1) is 13.3. The number of alkyl halides is 1. The van der Waals surface area contributed by atoms with E-state index in [0.717, 1.165) is 11.8 Å². The molecule has 0 radical (unpaired) electrons. The summed E-state index contributed by atoms with van der Waals surface area (Å²) in [6.45, 7) is 2.06. The molecule has 6 heteroatoms. The van der Waals surface area contributed by atoms with Gasteiger partial charge in [-0.1, -0.05) is 15.9 Å². The van der Waals surface area contributed by atoms with E-state index in [1.807, 2.05) is 0 Å². The molecule has 1 aliphatic heterocycles. The van der Waals surface area contributed by atoms with Gasteiger partial charge in [0.1, 0.15) is 18.3 Å². The Morgan fingerprint density at radius 2 is 1.87 bits per heavy atom. The largest absolute Gasteiger partial charge is 0.388 e. The maximum Gasteiger partial charge on any atom is 0.186 e. The van der Waals surface area contributed by atoms with Crippen molar-refractivity contribution in [1.82, 2.24) is 0 Å². The second kappa shape index (κ2) is 6.12. The third-order valence-electron chi connectivity index (χ3n) is 2.37. The quantitative estimate of drug-likeness (QED) is 0.484. The van der Waals surface area contributed by atoms with Crippen molar-refractivity contribution in [2.75, 3.05) is 11.9 Å². The fraction of sp³-hybridized carbons (Fsp3) is 1.00. The van der Waals surface area contributed by atoms with Crippen LogP contribution in [0.4, 0.5) is 0 Å². The first-order valence-corrected chi connectivity index (χ1v) is 6.07. The van der Waals surface area contributed by atoms with E-state index < -0.39 is 30.7 Å². The van der Waals surface area contributed by atoms with Crippen molar-refractivity contribution >= 4 is 15.9 Å². The van der Waals surface area contributed by atoms with Gasteiger partial charge in [0, 0.05) is 5.33 Å². The van der Waals surface area contributed by atoms with Crippen molar-refractivity contribution in [1.29, 1.82) is 0 Å². The molecule has 0 aromatic heterocycles. The van der Waals surface area contributed by atoms with Crippen molar-refractivity contribution in [3.8, 4) is 0 Å². The molecule has 1 fully saturated rings. The topological polar surface area (TPSA) is 79.2 Å². The molecule has 0 aliphatic carbocycles. The number of rotatable bonds is 4. The molecule has 0 aromatic carbocycles. The predicted molar refractivity (Wildman–Crippen MR) is 56.7 cm³/mol. The first-order chi connectivity index (χ1) is 7.07. The van der Waals surface area contributed by atoms with Gasteiger partial charge in [-0.15, -0.1) is 0 Å². The number of hydrogen-bond donors (Lipinski definition) is 3. The van der Waals surface area contributed by atoms with Gasteiger partial charge in [-0.25, -0.2) is 0 Å². The molecule has 0 aromatic rings. The van der Waals surface area contributed by atoms with Crippen molar-refractivity contribution in [2.24, 2.45) is 0 Å². The van der Waals surface area contributed by atoms with Gasteiger partial charge in [-0.2, -0.15) is 0 Å². The highest BCUT2D eigenvalue weighted by Crippen LogP contribution is 2.21. The maximum absolute atomic E-state index is 9.55. The van der Waals surface area contributed by atoms with Gasteiger partial charge in [0.05, 0.1) is 12.7 Å². The normalized spacial score (nSPS) is 41.8. The zero-order valence-corrected chi connectivity index (χ0v) is 10.1. The minimum atomic E-state index is -1.22. The minimum absolute atomic E-state index is 0.433. The highest BCUT2D eigenvalue weighted by molar-refractivity contribution is 9.09. The molecule has 15 heavy (non-hydrogen) atoms.